The molecule has 5 heteroatoms. The highest BCUT2D eigenvalue weighted by Gasteiger charge is 2.12. The third-order valence-corrected chi connectivity index (χ3v) is 2.55. The summed E-state index contributed by atoms with van der Waals surface area (Å²) in [7, 11) is 0. The van der Waals surface area contributed by atoms with Gasteiger partial charge in [-0.15, -0.1) is 17.5 Å². The summed E-state index contributed by atoms with van der Waals surface area (Å²) in [5.41, 5.74) is -0.159. The number of hydrogen-bond donors (Lipinski definition) is 2. The number of fused-ring (bicyclic) bond motifs is 1. The number of aromatic carboxylic acids is 1. The topological polar surface area (TPSA) is 66.7 Å². The number of benzene rings is 2. The third kappa shape index (κ3) is 1.77. The van der Waals surface area contributed by atoms with Crippen molar-refractivity contribution in [3.05, 3.63) is 40.8 Å². The zero-order valence-electron chi connectivity index (χ0n) is 8.04. The molecule has 2 aromatic carbocycles. The fraction of sp³-hybridized carbons (Fsp3) is 0. The smallest absolute Gasteiger partial charge is 0.338 e. The molecular weight excluding hydrogens is 226 g/mol. The first kappa shape index (κ1) is 10.6. The Morgan fingerprint density at radius 2 is 1.94 bits per heavy atom. The number of nitroso groups, excluding NO2 is 1. The predicted molar refractivity (Wildman–Crippen MR) is 63.6 cm³/mol. The van der Waals surface area contributed by atoms with Crippen LogP contribution in [0.5, 0.6) is 0 Å². The molecule has 0 saturated heterocycles. The van der Waals surface area contributed by atoms with Crippen LogP contribution in [0.25, 0.3) is 10.8 Å². The lowest BCUT2D eigenvalue weighted by atomic mass is 10.1. The summed E-state index contributed by atoms with van der Waals surface area (Å²) in [5, 5.41) is 13.1. The minimum atomic E-state index is -1.17. The molecule has 0 aliphatic carbocycles. The second-order valence-corrected chi connectivity index (χ2v) is 3.81. The van der Waals surface area contributed by atoms with Gasteiger partial charge in [0.15, 0.2) is 0 Å². The number of hydrogen-bond acceptors (Lipinski definition) is 4. The molecule has 4 nitrogen and oxygen atoms in total. The molecule has 0 aliphatic rings. The number of rotatable bonds is 2. The highest BCUT2D eigenvalue weighted by Crippen LogP contribution is 2.27. The Morgan fingerprint density at radius 1 is 1.19 bits per heavy atom. The Hall–Kier alpha value is -1.88. The van der Waals surface area contributed by atoms with Crippen LogP contribution in [-0.4, -0.2) is 11.1 Å². The van der Waals surface area contributed by atoms with Crippen molar-refractivity contribution in [3.8, 4) is 0 Å². The summed E-state index contributed by atoms with van der Waals surface area (Å²) < 4.78 is 0. The van der Waals surface area contributed by atoms with E-state index in [9.17, 15) is 9.70 Å². The third-order valence-electron chi connectivity index (χ3n) is 2.27. The highest BCUT2D eigenvalue weighted by molar-refractivity contribution is 7.80. The minimum absolute atomic E-state index is 0.0630. The van der Waals surface area contributed by atoms with Gasteiger partial charge in [-0.05, 0) is 40.2 Å². The van der Waals surface area contributed by atoms with E-state index in [0.29, 0.717) is 0 Å². The van der Waals surface area contributed by atoms with E-state index in [0.717, 1.165) is 15.7 Å². The molecular formula is C11H7NO3S. The van der Waals surface area contributed by atoms with E-state index >= 15 is 0 Å². The molecule has 16 heavy (non-hydrogen) atoms. The second-order valence-electron chi connectivity index (χ2n) is 3.30. The Labute approximate surface area is 96.3 Å². The number of thiol groups is 1. The molecule has 0 spiro atoms. The van der Waals surface area contributed by atoms with Crippen molar-refractivity contribution in [2.45, 2.75) is 4.90 Å². The first-order valence-corrected chi connectivity index (χ1v) is 4.90. The second kappa shape index (κ2) is 3.94. The van der Waals surface area contributed by atoms with E-state index in [4.69, 9.17) is 5.11 Å². The van der Waals surface area contributed by atoms with Gasteiger partial charge in [0.25, 0.3) is 0 Å². The molecule has 0 aliphatic heterocycles. The molecule has 0 heterocycles. The van der Waals surface area contributed by atoms with E-state index in [1.165, 1.54) is 12.1 Å². The average Bonchev–Trinajstić information content (AvgIpc) is 2.27. The van der Waals surface area contributed by atoms with Gasteiger partial charge in [-0.25, -0.2) is 4.79 Å². The van der Waals surface area contributed by atoms with Crippen molar-refractivity contribution < 1.29 is 9.90 Å². The zero-order chi connectivity index (χ0) is 11.7. The first-order valence-electron chi connectivity index (χ1n) is 4.45. The van der Waals surface area contributed by atoms with E-state index in [-0.39, 0.29) is 11.3 Å². The van der Waals surface area contributed by atoms with Gasteiger partial charge in [0.2, 0.25) is 0 Å². The normalized spacial score (nSPS) is 10.3. The maximum absolute atomic E-state index is 10.9. The van der Waals surface area contributed by atoms with Crippen LogP contribution in [0.2, 0.25) is 0 Å². The van der Waals surface area contributed by atoms with Gasteiger partial charge in [0, 0.05) is 4.90 Å². The SMILES string of the molecule is O=Nc1cc2ccc(S)cc2cc1C(=O)O. The van der Waals surface area contributed by atoms with Gasteiger partial charge in [-0.3, -0.25) is 0 Å². The Kier molecular flexibility index (Phi) is 2.62. The molecule has 0 atom stereocenters. The standard InChI is InChI=1S/C11H7NO3S/c13-11(14)9-4-7-3-8(16)2-1-6(7)5-10(9)12-15/h1-5,16H,(H,13,14). The molecule has 0 unspecified atom stereocenters. The lowest BCUT2D eigenvalue weighted by molar-refractivity contribution is 0.0698. The molecule has 0 aromatic heterocycles. The summed E-state index contributed by atoms with van der Waals surface area (Å²) in [6, 6.07) is 8.14. The summed E-state index contributed by atoms with van der Waals surface area (Å²) >= 11 is 4.16. The van der Waals surface area contributed by atoms with Gasteiger partial charge in [0.1, 0.15) is 5.69 Å². The van der Waals surface area contributed by atoms with Crippen molar-refractivity contribution in [3.63, 3.8) is 0 Å². The predicted octanol–water partition coefficient (Wildman–Crippen LogP) is 3.22. The number of nitrogens with zero attached hydrogens (tertiary/aromatic N) is 1. The van der Waals surface area contributed by atoms with Crippen LogP contribution < -0.4 is 0 Å². The molecule has 80 valence electrons. The van der Waals surface area contributed by atoms with Crippen molar-refractivity contribution in [2.24, 2.45) is 5.18 Å². The quantitative estimate of drug-likeness (QED) is 0.618. The molecule has 0 radical (unpaired) electrons. The lowest BCUT2D eigenvalue weighted by Crippen LogP contribution is -1.96. The monoisotopic (exact) mass is 233 g/mol. The van der Waals surface area contributed by atoms with Gasteiger partial charge in [-0.1, -0.05) is 6.07 Å². The van der Waals surface area contributed by atoms with Crippen LogP contribution in [0.1, 0.15) is 10.4 Å². The van der Waals surface area contributed by atoms with Gasteiger partial charge in [0.05, 0.1) is 5.56 Å². The number of carboxylic acid groups (broad SMARTS) is 1. The Morgan fingerprint density at radius 3 is 2.56 bits per heavy atom. The molecule has 2 rings (SSSR count). The maximum Gasteiger partial charge on any atom is 0.338 e. The van der Waals surface area contributed by atoms with Gasteiger partial charge < -0.3 is 5.11 Å². The van der Waals surface area contributed by atoms with Crippen molar-refractivity contribution in [1.82, 2.24) is 0 Å². The minimum Gasteiger partial charge on any atom is -0.478 e. The van der Waals surface area contributed by atoms with Gasteiger partial charge >= 0.3 is 5.97 Å². The van der Waals surface area contributed by atoms with E-state index in [1.807, 2.05) is 0 Å². The lowest BCUT2D eigenvalue weighted by Gasteiger charge is -2.03. The van der Waals surface area contributed by atoms with E-state index in [2.05, 4.69) is 17.8 Å². The van der Waals surface area contributed by atoms with E-state index in [1.54, 1.807) is 18.2 Å². The summed E-state index contributed by atoms with van der Waals surface area (Å²) in [4.78, 5) is 22.1. The van der Waals surface area contributed by atoms with Crippen LogP contribution in [-0.2, 0) is 0 Å². The van der Waals surface area contributed by atoms with Crippen LogP contribution in [0.4, 0.5) is 5.69 Å². The molecule has 2 aromatic rings. The van der Waals surface area contributed by atoms with Crippen LogP contribution in [0.3, 0.4) is 0 Å². The molecule has 0 saturated carbocycles. The highest BCUT2D eigenvalue weighted by atomic mass is 32.1. The number of carboxylic acids is 1. The molecule has 0 amide bonds. The van der Waals surface area contributed by atoms with Crippen LogP contribution in [0, 0.1) is 4.91 Å². The average molecular weight is 233 g/mol. The largest absolute Gasteiger partial charge is 0.478 e. The molecule has 0 bridgehead atoms. The van der Waals surface area contributed by atoms with Crippen molar-refractivity contribution in [1.29, 1.82) is 0 Å². The Bertz CT molecular complexity index is 595. The summed E-state index contributed by atoms with van der Waals surface area (Å²) in [5.74, 6) is -1.17. The molecule has 1 N–H and O–H groups in total. The van der Waals surface area contributed by atoms with E-state index < -0.39 is 5.97 Å². The summed E-state index contributed by atoms with van der Waals surface area (Å²) in [6.45, 7) is 0. The summed E-state index contributed by atoms with van der Waals surface area (Å²) in [6.07, 6.45) is 0. The van der Waals surface area contributed by atoms with Crippen molar-refractivity contribution >= 4 is 35.1 Å². The fourth-order valence-electron chi connectivity index (χ4n) is 1.52. The number of carbonyl (C=O) groups is 1. The Balaban J connectivity index is 2.80. The zero-order valence-corrected chi connectivity index (χ0v) is 8.94. The first-order chi connectivity index (χ1) is 7.61. The van der Waals surface area contributed by atoms with Crippen LogP contribution in [0.15, 0.2) is 40.4 Å². The maximum atomic E-state index is 10.9. The van der Waals surface area contributed by atoms with Crippen LogP contribution >= 0.6 is 12.6 Å². The fourth-order valence-corrected chi connectivity index (χ4v) is 1.73. The van der Waals surface area contributed by atoms with Crippen molar-refractivity contribution in [2.75, 3.05) is 0 Å². The molecule has 0 fully saturated rings. The van der Waals surface area contributed by atoms with Gasteiger partial charge in [-0.2, -0.15) is 0 Å².